The van der Waals surface area contributed by atoms with Gasteiger partial charge in [-0.15, -0.1) is 6.42 Å². The quantitative estimate of drug-likeness (QED) is 0.602. The number of hydrogen-bond acceptors (Lipinski definition) is 3. The van der Waals surface area contributed by atoms with Gasteiger partial charge in [0.2, 0.25) is 0 Å². The lowest BCUT2D eigenvalue weighted by Crippen LogP contribution is -2.36. The minimum atomic E-state index is 0.409. The van der Waals surface area contributed by atoms with Crippen molar-refractivity contribution < 1.29 is 4.84 Å². The number of nitrogens with zero attached hydrogens (tertiary/aromatic N) is 2. The molecule has 1 unspecified atom stereocenters. The molecule has 3 nitrogen and oxygen atoms in total. The van der Waals surface area contributed by atoms with Gasteiger partial charge in [-0.25, -0.2) is 0 Å². The molecule has 0 aromatic carbocycles. The van der Waals surface area contributed by atoms with Crippen LogP contribution in [-0.2, 0) is 4.84 Å². The average molecular weight is 194 g/mol. The summed E-state index contributed by atoms with van der Waals surface area (Å²) in [5, 5.41) is 2.05. The predicted octanol–water partition coefficient (Wildman–Crippen LogP) is 0.721. The fourth-order valence-electron chi connectivity index (χ4n) is 2.42. The van der Waals surface area contributed by atoms with Gasteiger partial charge in [-0.05, 0) is 32.4 Å². The Morgan fingerprint density at radius 3 is 3.00 bits per heavy atom. The van der Waals surface area contributed by atoms with E-state index in [1.165, 1.54) is 32.4 Å². The van der Waals surface area contributed by atoms with Crippen LogP contribution in [0.5, 0.6) is 0 Å². The zero-order valence-corrected chi connectivity index (χ0v) is 8.61. The molecular weight excluding hydrogens is 176 g/mol. The van der Waals surface area contributed by atoms with Crippen LogP contribution >= 0.6 is 0 Å². The Kier molecular flexibility index (Phi) is 3.41. The third kappa shape index (κ3) is 2.27. The molecule has 2 aliphatic rings. The highest BCUT2D eigenvalue weighted by Crippen LogP contribution is 2.21. The van der Waals surface area contributed by atoms with Crippen molar-refractivity contribution in [1.82, 2.24) is 9.96 Å². The maximum Gasteiger partial charge on any atom is 0.129 e. The minimum Gasteiger partial charge on any atom is -0.299 e. The Balaban J connectivity index is 1.86. The Morgan fingerprint density at radius 2 is 2.14 bits per heavy atom. The molecule has 0 radical (unpaired) electrons. The molecule has 78 valence electrons. The Morgan fingerprint density at radius 1 is 1.29 bits per heavy atom. The van der Waals surface area contributed by atoms with Gasteiger partial charge < -0.3 is 0 Å². The van der Waals surface area contributed by atoms with Crippen LogP contribution in [0.4, 0.5) is 0 Å². The highest BCUT2D eigenvalue weighted by Gasteiger charge is 2.28. The Hall–Kier alpha value is -0.560. The maximum atomic E-state index is 5.49. The third-order valence-electron chi connectivity index (χ3n) is 3.10. The van der Waals surface area contributed by atoms with Crippen molar-refractivity contribution in [2.24, 2.45) is 0 Å². The van der Waals surface area contributed by atoms with Crippen molar-refractivity contribution >= 4 is 0 Å². The van der Waals surface area contributed by atoms with Crippen LogP contribution in [0.2, 0.25) is 0 Å². The molecule has 0 N–H and O–H groups in total. The lowest BCUT2D eigenvalue weighted by Gasteiger charge is -2.24. The SMILES string of the molecule is C#CCON1CCCN2CCCC2C1. The van der Waals surface area contributed by atoms with Gasteiger partial charge in [0.1, 0.15) is 6.61 Å². The summed E-state index contributed by atoms with van der Waals surface area (Å²) in [6, 6.07) is 0.704. The summed E-state index contributed by atoms with van der Waals surface area (Å²) in [4.78, 5) is 8.07. The van der Waals surface area contributed by atoms with Gasteiger partial charge in [-0.3, -0.25) is 9.74 Å². The molecule has 0 aliphatic carbocycles. The van der Waals surface area contributed by atoms with E-state index in [2.05, 4.69) is 15.9 Å². The summed E-state index contributed by atoms with van der Waals surface area (Å²) in [7, 11) is 0. The summed E-state index contributed by atoms with van der Waals surface area (Å²) in [6.45, 7) is 4.96. The second-order valence-electron chi connectivity index (χ2n) is 4.05. The molecule has 1 atom stereocenters. The zero-order valence-electron chi connectivity index (χ0n) is 8.61. The van der Waals surface area contributed by atoms with Crippen molar-refractivity contribution in [3.63, 3.8) is 0 Å². The van der Waals surface area contributed by atoms with Gasteiger partial charge in [-0.1, -0.05) is 5.92 Å². The standard InChI is InChI=1S/C11H18N2O/c1-2-9-14-13-8-4-7-12-6-3-5-11(12)10-13/h1,11H,3-10H2. The van der Waals surface area contributed by atoms with Gasteiger partial charge in [0.05, 0.1) is 0 Å². The summed E-state index contributed by atoms with van der Waals surface area (Å²) >= 11 is 0. The van der Waals surface area contributed by atoms with E-state index in [0.29, 0.717) is 12.6 Å². The highest BCUT2D eigenvalue weighted by molar-refractivity contribution is 4.85. The van der Waals surface area contributed by atoms with Crippen LogP contribution in [0.25, 0.3) is 0 Å². The van der Waals surface area contributed by atoms with Gasteiger partial charge in [0.25, 0.3) is 0 Å². The van der Waals surface area contributed by atoms with E-state index >= 15 is 0 Å². The predicted molar refractivity (Wildman–Crippen MR) is 55.6 cm³/mol. The fourth-order valence-corrected chi connectivity index (χ4v) is 2.42. The first-order valence-electron chi connectivity index (χ1n) is 5.45. The molecule has 14 heavy (non-hydrogen) atoms. The van der Waals surface area contributed by atoms with Crippen molar-refractivity contribution in [1.29, 1.82) is 0 Å². The molecule has 0 bridgehead atoms. The number of fused-ring (bicyclic) bond motifs is 1. The molecule has 0 aromatic heterocycles. The van der Waals surface area contributed by atoms with E-state index in [1.54, 1.807) is 0 Å². The monoisotopic (exact) mass is 194 g/mol. The molecule has 0 aromatic rings. The van der Waals surface area contributed by atoms with Crippen LogP contribution < -0.4 is 0 Å². The molecule has 0 saturated carbocycles. The molecule has 2 rings (SSSR count). The van der Waals surface area contributed by atoms with Crippen LogP contribution in [0, 0.1) is 12.3 Å². The first kappa shape index (κ1) is 9.97. The topological polar surface area (TPSA) is 15.7 Å². The van der Waals surface area contributed by atoms with Gasteiger partial charge in [0, 0.05) is 19.1 Å². The second-order valence-corrected chi connectivity index (χ2v) is 4.05. The van der Waals surface area contributed by atoms with E-state index in [9.17, 15) is 0 Å². The van der Waals surface area contributed by atoms with Crippen molar-refractivity contribution in [2.45, 2.75) is 25.3 Å². The second kappa shape index (κ2) is 4.79. The van der Waals surface area contributed by atoms with E-state index < -0.39 is 0 Å². The lowest BCUT2D eigenvalue weighted by atomic mass is 10.2. The third-order valence-corrected chi connectivity index (χ3v) is 3.10. The van der Waals surface area contributed by atoms with Gasteiger partial charge in [-0.2, -0.15) is 5.06 Å². The normalized spacial score (nSPS) is 29.5. The highest BCUT2D eigenvalue weighted by atomic mass is 16.7. The average Bonchev–Trinajstić information content (AvgIpc) is 2.54. The van der Waals surface area contributed by atoms with Crippen LogP contribution in [0.1, 0.15) is 19.3 Å². The summed E-state index contributed by atoms with van der Waals surface area (Å²) < 4.78 is 0. The van der Waals surface area contributed by atoms with Crippen molar-refractivity contribution in [3.05, 3.63) is 0 Å². The smallest absolute Gasteiger partial charge is 0.129 e. The zero-order chi connectivity index (χ0) is 9.80. The van der Waals surface area contributed by atoms with Crippen LogP contribution in [-0.4, -0.2) is 48.8 Å². The summed E-state index contributed by atoms with van der Waals surface area (Å²) in [6.07, 6.45) is 9.03. The molecule has 0 amide bonds. The van der Waals surface area contributed by atoms with E-state index in [1.807, 2.05) is 0 Å². The summed E-state index contributed by atoms with van der Waals surface area (Å²) in [5.41, 5.74) is 0. The largest absolute Gasteiger partial charge is 0.299 e. The number of terminal acetylenes is 1. The van der Waals surface area contributed by atoms with E-state index in [0.717, 1.165) is 13.1 Å². The Bertz CT molecular complexity index is 224. The van der Waals surface area contributed by atoms with E-state index in [-0.39, 0.29) is 0 Å². The van der Waals surface area contributed by atoms with Gasteiger partial charge >= 0.3 is 0 Å². The molecule has 2 saturated heterocycles. The summed E-state index contributed by atoms with van der Waals surface area (Å²) in [5.74, 6) is 2.52. The van der Waals surface area contributed by atoms with Crippen LogP contribution in [0.3, 0.4) is 0 Å². The molecule has 0 spiro atoms. The Labute approximate surface area is 86.0 Å². The fraction of sp³-hybridized carbons (Fsp3) is 0.818. The first-order chi connectivity index (χ1) is 6.90. The molecule has 2 heterocycles. The number of rotatable bonds is 2. The lowest BCUT2D eigenvalue weighted by molar-refractivity contribution is -0.147. The van der Waals surface area contributed by atoms with Crippen molar-refractivity contribution in [3.8, 4) is 12.3 Å². The maximum absolute atomic E-state index is 5.49. The first-order valence-corrected chi connectivity index (χ1v) is 5.45. The molecule has 3 heteroatoms. The minimum absolute atomic E-state index is 0.409. The number of hydrogen-bond donors (Lipinski definition) is 0. The number of hydroxylamine groups is 2. The molecule has 2 fully saturated rings. The molecule has 2 aliphatic heterocycles. The van der Waals surface area contributed by atoms with Gasteiger partial charge in [0.15, 0.2) is 0 Å². The molecular formula is C11H18N2O. The van der Waals surface area contributed by atoms with E-state index in [4.69, 9.17) is 11.3 Å². The van der Waals surface area contributed by atoms with Crippen molar-refractivity contribution in [2.75, 3.05) is 32.8 Å². The van der Waals surface area contributed by atoms with Crippen LogP contribution in [0.15, 0.2) is 0 Å².